The molecule has 0 amide bonds. The van der Waals surface area contributed by atoms with E-state index in [1.54, 1.807) is 4.57 Å². The minimum atomic E-state index is -0.608. The highest BCUT2D eigenvalue weighted by Gasteiger charge is 2.40. The number of imidazole rings is 1. The average molecular weight is 389 g/mol. The highest BCUT2D eigenvalue weighted by molar-refractivity contribution is 6.35. The monoisotopic (exact) mass is 388 g/mol. The fourth-order valence-corrected chi connectivity index (χ4v) is 3.05. The summed E-state index contributed by atoms with van der Waals surface area (Å²) < 4.78 is 17.8. The molecule has 3 atom stereocenters. The number of carbonyl (C=O) groups excluding carboxylic acids is 2. The molecule has 0 unspecified atom stereocenters. The molecule has 0 radical (unpaired) electrons. The zero-order chi connectivity index (χ0) is 18.1. The summed E-state index contributed by atoms with van der Waals surface area (Å²) in [5.41, 5.74) is 0.770. The van der Waals surface area contributed by atoms with Crippen molar-refractivity contribution in [2.75, 3.05) is 6.61 Å². The molecule has 3 rings (SSSR count). The van der Waals surface area contributed by atoms with Crippen molar-refractivity contribution in [2.24, 2.45) is 0 Å². The molecule has 9 nitrogen and oxygen atoms in total. The van der Waals surface area contributed by atoms with Gasteiger partial charge in [-0.05, 0) is 11.6 Å². The van der Waals surface area contributed by atoms with Crippen LogP contribution >= 0.6 is 23.2 Å². The van der Waals surface area contributed by atoms with Crippen molar-refractivity contribution in [3.8, 4) is 0 Å². The second-order valence-corrected chi connectivity index (χ2v) is 6.12. The minimum absolute atomic E-state index is 0.0229. The number of nitrogens with zero attached hydrogens (tertiary/aromatic N) is 4. The summed E-state index contributed by atoms with van der Waals surface area (Å²) in [7, 11) is 0. The van der Waals surface area contributed by atoms with E-state index in [4.69, 9.17) is 37.4 Å². The van der Waals surface area contributed by atoms with E-state index >= 15 is 0 Å². The SMILES string of the molecule is CC(=O)OC[C@@H]1O[C@@H](n2cnc3c(Cl)nc(Cl)nc32)C[C@H]1OC(C)=O. The first-order valence-electron chi connectivity index (χ1n) is 7.36. The van der Waals surface area contributed by atoms with Crippen LogP contribution in [0, 0.1) is 0 Å². The maximum absolute atomic E-state index is 11.3. The van der Waals surface area contributed by atoms with Gasteiger partial charge in [-0.2, -0.15) is 4.98 Å². The van der Waals surface area contributed by atoms with E-state index in [1.165, 1.54) is 20.2 Å². The average Bonchev–Trinajstić information content (AvgIpc) is 3.08. The molecule has 1 aliphatic heterocycles. The molecule has 2 aromatic heterocycles. The quantitative estimate of drug-likeness (QED) is 0.444. The molecule has 2 aromatic rings. The maximum atomic E-state index is 11.3. The van der Waals surface area contributed by atoms with E-state index < -0.39 is 30.4 Å². The van der Waals surface area contributed by atoms with Crippen molar-refractivity contribution in [3.05, 3.63) is 16.8 Å². The Hall–Kier alpha value is -1.97. The summed E-state index contributed by atoms with van der Waals surface area (Å²) >= 11 is 11.9. The van der Waals surface area contributed by atoms with E-state index in [0.29, 0.717) is 17.6 Å². The maximum Gasteiger partial charge on any atom is 0.303 e. The van der Waals surface area contributed by atoms with Crippen LogP contribution in [0.1, 0.15) is 26.5 Å². The third-order valence-electron chi connectivity index (χ3n) is 3.61. The van der Waals surface area contributed by atoms with Gasteiger partial charge in [-0.25, -0.2) is 9.97 Å². The van der Waals surface area contributed by atoms with Gasteiger partial charge in [-0.1, -0.05) is 11.6 Å². The predicted molar refractivity (Wildman–Crippen MR) is 86.1 cm³/mol. The first-order chi connectivity index (χ1) is 11.8. The van der Waals surface area contributed by atoms with Crippen LogP contribution in [0.5, 0.6) is 0 Å². The van der Waals surface area contributed by atoms with Gasteiger partial charge in [-0.3, -0.25) is 14.2 Å². The fraction of sp³-hybridized carbons (Fsp3) is 0.500. The molecule has 1 fully saturated rings. The number of aromatic nitrogens is 4. The largest absolute Gasteiger partial charge is 0.463 e. The zero-order valence-corrected chi connectivity index (χ0v) is 14.8. The van der Waals surface area contributed by atoms with Crippen LogP contribution in [0.2, 0.25) is 10.4 Å². The molecule has 11 heteroatoms. The fourth-order valence-electron chi connectivity index (χ4n) is 2.63. The van der Waals surface area contributed by atoms with Gasteiger partial charge >= 0.3 is 11.9 Å². The van der Waals surface area contributed by atoms with Crippen LogP contribution in [0.4, 0.5) is 0 Å². The summed E-state index contributed by atoms with van der Waals surface area (Å²) in [6, 6.07) is 0. The van der Waals surface area contributed by atoms with Crippen LogP contribution in [0.25, 0.3) is 11.2 Å². The van der Waals surface area contributed by atoms with Crippen LogP contribution in [0.3, 0.4) is 0 Å². The number of fused-ring (bicyclic) bond motifs is 1. The Morgan fingerprint density at radius 2 is 2.08 bits per heavy atom. The topological polar surface area (TPSA) is 105 Å². The molecular formula is C14H14Cl2N4O5. The first-order valence-corrected chi connectivity index (χ1v) is 8.12. The highest BCUT2D eigenvalue weighted by Crippen LogP contribution is 2.34. The van der Waals surface area contributed by atoms with Crippen LogP contribution in [0.15, 0.2) is 6.33 Å². The molecule has 0 bridgehead atoms. The Labute approximate surface area is 152 Å². The molecular weight excluding hydrogens is 375 g/mol. The summed E-state index contributed by atoms with van der Waals surface area (Å²) in [6.45, 7) is 2.56. The highest BCUT2D eigenvalue weighted by atomic mass is 35.5. The van der Waals surface area contributed by atoms with Gasteiger partial charge in [0.2, 0.25) is 5.28 Å². The Kier molecular flexibility index (Phi) is 5.07. The van der Waals surface area contributed by atoms with Crippen LogP contribution in [-0.2, 0) is 23.8 Å². The van der Waals surface area contributed by atoms with Gasteiger partial charge in [-0.15, -0.1) is 0 Å². The van der Waals surface area contributed by atoms with E-state index in [2.05, 4.69) is 15.0 Å². The molecule has 0 saturated carbocycles. The van der Waals surface area contributed by atoms with Crippen molar-refractivity contribution in [1.82, 2.24) is 19.5 Å². The van der Waals surface area contributed by atoms with Gasteiger partial charge in [0.25, 0.3) is 0 Å². The van der Waals surface area contributed by atoms with Crippen LogP contribution < -0.4 is 0 Å². The van der Waals surface area contributed by atoms with Gasteiger partial charge in [0.15, 0.2) is 10.8 Å². The number of hydrogen-bond acceptors (Lipinski definition) is 8. The van der Waals surface area contributed by atoms with Gasteiger partial charge < -0.3 is 14.2 Å². The zero-order valence-electron chi connectivity index (χ0n) is 13.3. The molecule has 0 aromatic carbocycles. The van der Waals surface area contributed by atoms with E-state index in [1.807, 2.05) is 0 Å². The lowest BCUT2D eigenvalue weighted by atomic mass is 10.2. The Balaban J connectivity index is 1.87. The Morgan fingerprint density at radius 3 is 2.76 bits per heavy atom. The van der Waals surface area contributed by atoms with Crippen molar-refractivity contribution in [1.29, 1.82) is 0 Å². The second-order valence-electron chi connectivity index (χ2n) is 5.42. The molecule has 1 saturated heterocycles. The second kappa shape index (κ2) is 7.11. The molecule has 1 aliphatic rings. The number of halogens is 2. The smallest absolute Gasteiger partial charge is 0.303 e. The lowest BCUT2D eigenvalue weighted by molar-refractivity contribution is -0.155. The summed E-state index contributed by atoms with van der Waals surface area (Å²) in [4.78, 5) is 34.5. The molecule has 0 N–H and O–H groups in total. The number of hydrogen-bond donors (Lipinski definition) is 0. The van der Waals surface area contributed by atoms with Crippen LogP contribution in [-0.4, -0.2) is 50.3 Å². The predicted octanol–water partition coefficient (Wildman–Crippen LogP) is 1.92. The van der Waals surface area contributed by atoms with Crippen molar-refractivity contribution in [3.63, 3.8) is 0 Å². The molecule has 0 aliphatic carbocycles. The van der Waals surface area contributed by atoms with Crippen molar-refractivity contribution < 1.29 is 23.8 Å². The van der Waals surface area contributed by atoms with Gasteiger partial charge in [0.05, 0.1) is 6.33 Å². The lowest BCUT2D eigenvalue weighted by Gasteiger charge is -2.17. The minimum Gasteiger partial charge on any atom is -0.463 e. The number of rotatable bonds is 4. The third-order valence-corrected chi connectivity index (χ3v) is 4.04. The number of esters is 2. The third kappa shape index (κ3) is 3.83. The Morgan fingerprint density at radius 1 is 1.32 bits per heavy atom. The van der Waals surface area contributed by atoms with Gasteiger partial charge in [0.1, 0.15) is 30.6 Å². The standard InChI is InChI=1S/C14H14Cl2N4O5/c1-6(21)23-4-9-8(24-7(2)22)3-10(25-9)20-5-17-11-12(15)18-14(16)19-13(11)20/h5,8-10H,3-4H2,1-2H3/t8-,9+,10-/m1/s1. The molecule has 25 heavy (non-hydrogen) atoms. The lowest BCUT2D eigenvalue weighted by Crippen LogP contribution is -2.31. The normalized spacial score (nSPS) is 23.0. The van der Waals surface area contributed by atoms with Crippen molar-refractivity contribution >= 4 is 46.3 Å². The first kappa shape index (κ1) is 17.8. The number of ether oxygens (including phenoxy) is 3. The Bertz CT molecular complexity index is 827. The summed E-state index contributed by atoms with van der Waals surface area (Å²) in [5.74, 6) is -0.904. The van der Waals surface area contributed by atoms with E-state index in [0.717, 1.165) is 0 Å². The number of carbonyl (C=O) groups is 2. The summed E-state index contributed by atoms with van der Waals surface area (Å²) in [6.07, 6.45) is 0.0913. The molecule has 0 spiro atoms. The van der Waals surface area contributed by atoms with E-state index in [9.17, 15) is 9.59 Å². The van der Waals surface area contributed by atoms with E-state index in [-0.39, 0.29) is 17.0 Å². The summed E-state index contributed by atoms with van der Waals surface area (Å²) in [5, 5.41) is 0.102. The van der Waals surface area contributed by atoms with Crippen molar-refractivity contribution in [2.45, 2.75) is 38.7 Å². The van der Waals surface area contributed by atoms with Gasteiger partial charge in [0, 0.05) is 20.3 Å². The molecule has 3 heterocycles. The molecule has 134 valence electrons.